The van der Waals surface area contributed by atoms with Gasteiger partial charge in [-0.3, -0.25) is 4.79 Å². The van der Waals surface area contributed by atoms with Crippen molar-refractivity contribution in [1.82, 2.24) is 0 Å². The van der Waals surface area contributed by atoms with Crippen LogP contribution >= 0.6 is 0 Å². The average molecular weight is 224 g/mol. The molecule has 0 unspecified atom stereocenters. The molecule has 0 radical (unpaired) electrons. The molecule has 0 bridgehead atoms. The molecule has 1 aliphatic heterocycles. The molecule has 1 fully saturated rings. The first-order valence-electron chi connectivity index (χ1n) is 4.15. The van der Waals surface area contributed by atoms with Crippen molar-refractivity contribution in [3.05, 3.63) is 0 Å². The van der Waals surface area contributed by atoms with Crippen molar-refractivity contribution in [2.24, 2.45) is 0 Å². The van der Waals surface area contributed by atoms with E-state index in [2.05, 4.69) is 9.78 Å². The molecule has 8 nitrogen and oxygen atoms in total. The van der Waals surface area contributed by atoms with E-state index in [-0.39, 0.29) is 6.29 Å². The van der Waals surface area contributed by atoms with Crippen molar-refractivity contribution in [3.63, 3.8) is 0 Å². The van der Waals surface area contributed by atoms with Gasteiger partial charge in [-0.1, -0.05) is 0 Å². The monoisotopic (exact) mass is 224 g/mol. The van der Waals surface area contributed by atoms with Crippen LogP contribution in [0.1, 0.15) is 0 Å². The molecule has 4 atom stereocenters. The minimum Gasteiger partial charge on any atom is -0.394 e. The van der Waals surface area contributed by atoms with Gasteiger partial charge in [-0.05, 0) is 0 Å². The Morgan fingerprint density at radius 3 is 2.00 bits per heavy atom. The van der Waals surface area contributed by atoms with Gasteiger partial charge in [0.15, 0.2) is 6.29 Å². The van der Waals surface area contributed by atoms with Crippen molar-refractivity contribution in [1.29, 1.82) is 0 Å². The maximum Gasteiger partial charge on any atom is 0.316 e. The number of aliphatic hydroxyl groups excluding tert-OH is 5. The van der Waals surface area contributed by atoms with Crippen LogP contribution in [0.5, 0.6) is 0 Å². The van der Waals surface area contributed by atoms with Gasteiger partial charge in [-0.15, -0.1) is 0 Å². The zero-order valence-electron chi connectivity index (χ0n) is 7.55. The van der Waals surface area contributed by atoms with Gasteiger partial charge in [0.05, 0.1) is 6.61 Å². The van der Waals surface area contributed by atoms with E-state index in [9.17, 15) is 20.1 Å². The van der Waals surface area contributed by atoms with Crippen molar-refractivity contribution in [2.45, 2.75) is 30.2 Å². The third kappa shape index (κ3) is 2.32. The third-order valence-corrected chi connectivity index (χ3v) is 2.11. The van der Waals surface area contributed by atoms with Crippen molar-refractivity contribution < 1.29 is 40.1 Å². The third-order valence-electron chi connectivity index (χ3n) is 2.11. The van der Waals surface area contributed by atoms with Crippen LogP contribution in [0, 0.1) is 0 Å². The Bertz CT molecular complexity index is 227. The lowest BCUT2D eigenvalue weighted by atomic mass is 9.99. The van der Waals surface area contributed by atoms with Gasteiger partial charge in [0.25, 0.3) is 0 Å². The molecule has 5 N–H and O–H groups in total. The summed E-state index contributed by atoms with van der Waals surface area (Å²) in [7, 11) is 0. The lowest BCUT2D eigenvalue weighted by Gasteiger charge is -2.25. The van der Waals surface area contributed by atoms with E-state index in [0.717, 1.165) is 0 Å². The van der Waals surface area contributed by atoms with E-state index < -0.39 is 36.8 Å². The van der Waals surface area contributed by atoms with Crippen molar-refractivity contribution in [3.8, 4) is 0 Å². The minimum atomic E-state index is -1.99. The van der Waals surface area contributed by atoms with E-state index in [1.807, 2.05) is 0 Å². The molecular formula is C7H12O8. The average Bonchev–Trinajstić information content (AvgIpc) is 3.05. The summed E-state index contributed by atoms with van der Waals surface area (Å²) >= 11 is 0. The molecule has 0 aromatic heterocycles. The summed E-state index contributed by atoms with van der Waals surface area (Å²) in [5, 5.41) is 45.3. The number of carbonyl (C=O) groups is 1. The second kappa shape index (κ2) is 4.49. The molecule has 8 heteroatoms. The standard InChI is InChI=1S/C7H12O8/c8-1-3(10)4(11)5(12)6(13)7(2-9)14-15-7/h2-6,8,10-13H,1H2/t3-,4-,5+,6-/m1/s1. The maximum absolute atomic E-state index is 10.4. The molecule has 0 aromatic carbocycles. The zero-order valence-corrected chi connectivity index (χ0v) is 7.55. The van der Waals surface area contributed by atoms with Crippen LogP contribution in [0.4, 0.5) is 0 Å². The first-order valence-corrected chi connectivity index (χ1v) is 4.15. The highest BCUT2D eigenvalue weighted by atomic mass is 17.4. The SMILES string of the molecule is O=CC1([C@H](O)[C@@H](O)[C@H](O)[C@H](O)CO)OO1. The van der Waals surface area contributed by atoms with Gasteiger partial charge < -0.3 is 25.5 Å². The highest BCUT2D eigenvalue weighted by Gasteiger charge is 2.60. The van der Waals surface area contributed by atoms with Crippen LogP contribution in [0.2, 0.25) is 0 Å². The molecular weight excluding hydrogens is 212 g/mol. The summed E-state index contributed by atoms with van der Waals surface area (Å²) in [5.74, 6) is -1.99. The van der Waals surface area contributed by atoms with Crippen LogP contribution in [-0.4, -0.2) is 68.6 Å². The number of aliphatic hydroxyl groups is 5. The first-order chi connectivity index (χ1) is 6.98. The Morgan fingerprint density at radius 1 is 1.13 bits per heavy atom. The van der Waals surface area contributed by atoms with Crippen molar-refractivity contribution >= 4 is 6.29 Å². The molecule has 0 spiro atoms. The summed E-state index contributed by atoms with van der Waals surface area (Å²) in [6.07, 6.45) is -7.10. The van der Waals surface area contributed by atoms with Crippen LogP contribution in [-0.2, 0) is 14.6 Å². The maximum atomic E-state index is 10.4. The number of aldehydes is 1. The van der Waals surface area contributed by atoms with E-state index in [1.54, 1.807) is 0 Å². The molecule has 0 amide bonds. The van der Waals surface area contributed by atoms with Gasteiger partial charge in [0.2, 0.25) is 0 Å². The molecule has 0 aromatic rings. The molecule has 0 aliphatic carbocycles. The van der Waals surface area contributed by atoms with Crippen LogP contribution in [0.3, 0.4) is 0 Å². The Morgan fingerprint density at radius 2 is 1.67 bits per heavy atom. The fourth-order valence-corrected chi connectivity index (χ4v) is 1.02. The van der Waals surface area contributed by atoms with E-state index in [4.69, 9.17) is 10.2 Å². The number of hydrogen-bond acceptors (Lipinski definition) is 8. The Labute approximate surface area is 84.2 Å². The zero-order chi connectivity index (χ0) is 11.6. The second-order valence-electron chi connectivity index (χ2n) is 3.18. The summed E-state index contributed by atoms with van der Waals surface area (Å²) < 4.78 is 0. The summed E-state index contributed by atoms with van der Waals surface area (Å²) in [5.41, 5.74) is 0. The fourth-order valence-electron chi connectivity index (χ4n) is 1.02. The molecule has 1 rings (SSSR count). The predicted molar refractivity (Wildman–Crippen MR) is 42.1 cm³/mol. The highest BCUT2D eigenvalue weighted by molar-refractivity contribution is 5.63. The number of carbonyl (C=O) groups excluding carboxylic acids is 1. The Balaban J connectivity index is 2.59. The van der Waals surface area contributed by atoms with Crippen LogP contribution in [0.15, 0.2) is 0 Å². The molecule has 1 heterocycles. The topological polar surface area (TPSA) is 143 Å². The largest absolute Gasteiger partial charge is 0.394 e. The summed E-state index contributed by atoms with van der Waals surface area (Å²) in [6, 6.07) is 0. The molecule has 15 heavy (non-hydrogen) atoms. The van der Waals surface area contributed by atoms with Gasteiger partial charge in [0, 0.05) is 0 Å². The summed E-state index contributed by atoms with van der Waals surface area (Å²) in [4.78, 5) is 18.7. The smallest absolute Gasteiger partial charge is 0.316 e. The lowest BCUT2D eigenvalue weighted by molar-refractivity contribution is -0.142. The van der Waals surface area contributed by atoms with E-state index >= 15 is 0 Å². The fraction of sp³-hybridized carbons (Fsp3) is 0.857. The van der Waals surface area contributed by atoms with Crippen LogP contribution in [0.25, 0.3) is 0 Å². The predicted octanol–water partition coefficient (Wildman–Crippen LogP) is -3.72. The molecule has 1 aliphatic rings. The quantitative estimate of drug-likeness (QED) is 0.176. The normalized spacial score (nSPS) is 26.5. The van der Waals surface area contributed by atoms with Gasteiger partial charge >= 0.3 is 5.79 Å². The first kappa shape index (κ1) is 12.5. The number of rotatable bonds is 6. The van der Waals surface area contributed by atoms with Crippen molar-refractivity contribution in [2.75, 3.05) is 6.61 Å². The Hall–Kier alpha value is -0.610. The van der Waals surface area contributed by atoms with Crippen LogP contribution < -0.4 is 0 Å². The minimum absolute atomic E-state index is 0.110. The highest BCUT2D eigenvalue weighted by Crippen LogP contribution is 2.33. The van der Waals surface area contributed by atoms with Gasteiger partial charge in [-0.25, -0.2) is 0 Å². The van der Waals surface area contributed by atoms with Gasteiger partial charge in [0.1, 0.15) is 24.4 Å². The summed E-state index contributed by atoms with van der Waals surface area (Å²) in [6.45, 7) is -0.805. The number of hydrogen-bond donors (Lipinski definition) is 5. The second-order valence-corrected chi connectivity index (χ2v) is 3.18. The van der Waals surface area contributed by atoms with E-state index in [0.29, 0.717) is 0 Å². The van der Waals surface area contributed by atoms with E-state index in [1.165, 1.54) is 0 Å². The lowest BCUT2D eigenvalue weighted by Crippen LogP contribution is -2.51. The van der Waals surface area contributed by atoms with Gasteiger partial charge in [-0.2, -0.15) is 9.78 Å². The molecule has 88 valence electrons. The Kier molecular flexibility index (Phi) is 3.73. The molecule has 1 saturated heterocycles. The molecule has 0 saturated carbocycles.